The molecule has 0 aliphatic carbocycles. The summed E-state index contributed by atoms with van der Waals surface area (Å²) in [7, 11) is 0. The van der Waals surface area contributed by atoms with Crippen LogP contribution in [0.3, 0.4) is 0 Å². The third-order valence-electron chi connectivity index (χ3n) is 2.42. The third-order valence-corrected chi connectivity index (χ3v) is 2.42. The number of hydrogen-bond acceptors (Lipinski definition) is 2. The molecule has 0 saturated heterocycles. The molecule has 1 aromatic rings. The maximum Gasteiger partial charge on any atom is 0.246 e. The van der Waals surface area contributed by atoms with E-state index in [1.165, 1.54) is 0 Å². The Bertz CT molecular complexity index is 399. The van der Waals surface area contributed by atoms with Gasteiger partial charge in [0.1, 0.15) is 0 Å². The average molecular weight is 218 g/mol. The van der Waals surface area contributed by atoms with Gasteiger partial charge in [-0.25, -0.2) is 0 Å². The topological polar surface area (TPSA) is 55.1 Å². The van der Waals surface area contributed by atoms with Crippen molar-refractivity contribution in [3.8, 4) is 0 Å². The number of carbonyl (C=O) groups excluding carboxylic acids is 1. The van der Waals surface area contributed by atoms with Gasteiger partial charge in [-0.1, -0.05) is 30.8 Å². The predicted molar refractivity (Wildman–Crippen MR) is 65.7 cm³/mol. The molecule has 1 amide bonds. The molecule has 0 aliphatic rings. The van der Waals surface area contributed by atoms with Crippen LogP contribution >= 0.6 is 0 Å². The van der Waals surface area contributed by atoms with E-state index in [9.17, 15) is 4.79 Å². The highest BCUT2D eigenvalue weighted by Crippen LogP contribution is 2.14. The number of carbonyl (C=O) groups is 1. The first kappa shape index (κ1) is 12.5. The van der Waals surface area contributed by atoms with Crippen molar-refractivity contribution in [2.45, 2.75) is 26.4 Å². The SMILES string of the molecule is C=C(C)C(=O)NC(C)c1cccc(CN)c1. The first-order valence-electron chi connectivity index (χ1n) is 5.30. The van der Waals surface area contributed by atoms with E-state index in [1.807, 2.05) is 31.2 Å². The van der Waals surface area contributed by atoms with Gasteiger partial charge in [-0.3, -0.25) is 4.79 Å². The first-order valence-corrected chi connectivity index (χ1v) is 5.30. The minimum atomic E-state index is -0.120. The second kappa shape index (κ2) is 5.47. The Morgan fingerprint density at radius 2 is 2.25 bits per heavy atom. The van der Waals surface area contributed by atoms with E-state index in [1.54, 1.807) is 6.92 Å². The van der Waals surface area contributed by atoms with Gasteiger partial charge in [0, 0.05) is 12.1 Å². The molecular formula is C13H18N2O. The molecule has 0 aromatic heterocycles. The molecule has 0 saturated carbocycles. The highest BCUT2D eigenvalue weighted by atomic mass is 16.1. The van der Waals surface area contributed by atoms with Gasteiger partial charge in [0.2, 0.25) is 5.91 Å². The van der Waals surface area contributed by atoms with E-state index in [2.05, 4.69) is 11.9 Å². The summed E-state index contributed by atoms with van der Waals surface area (Å²) in [6, 6.07) is 7.86. The predicted octanol–water partition coefficient (Wildman–Crippen LogP) is 1.90. The zero-order valence-electron chi connectivity index (χ0n) is 9.79. The minimum Gasteiger partial charge on any atom is -0.346 e. The fourth-order valence-corrected chi connectivity index (χ4v) is 1.39. The number of hydrogen-bond donors (Lipinski definition) is 2. The Labute approximate surface area is 96.3 Å². The lowest BCUT2D eigenvalue weighted by molar-refractivity contribution is -0.118. The molecule has 3 nitrogen and oxygen atoms in total. The first-order chi connectivity index (χ1) is 7.54. The van der Waals surface area contributed by atoms with Gasteiger partial charge in [-0.05, 0) is 25.0 Å². The lowest BCUT2D eigenvalue weighted by atomic mass is 10.0. The molecule has 0 spiro atoms. The maximum absolute atomic E-state index is 11.4. The molecule has 0 fully saturated rings. The Balaban J connectivity index is 2.76. The van der Waals surface area contributed by atoms with Crippen LogP contribution in [-0.2, 0) is 11.3 Å². The van der Waals surface area contributed by atoms with Gasteiger partial charge >= 0.3 is 0 Å². The summed E-state index contributed by atoms with van der Waals surface area (Å²) in [6.45, 7) is 7.75. The van der Waals surface area contributed by atoms with Gasteiger partial charge in [0.15, 0.2) is 0 Å². The molecule has 0 heterocycles. The van der Waals surface area contributed by atoms with Crippen LogP contribution in [0.4, 0.5) is 0 Å². The van der Waals surface area contributed by atoms with E-state index in [0.29, 0.717) is 12.1 Å². The molecule has 1 aromatic carbocycles. The van der Waals surface area contributed by atoms with E-state index in [-0.39, 0.29) is 11.9 Å². The Hall–Kier alpha value is -1.61. The van der Waals surface area contributed by atoms with Crippen LogP contribution in [-0.4, -0.2) is 5.91 Å². The van der Waals surface area contributed by atoms with Gasteiger partial charge in [0.05, 0.1) is 6.04 Å². The summed E-state index contributed by atoms with van der Waals surface area (Å²) < 4.78 is 0. The van der Waals surface area contributed by atoms with Crippen molar-refractivity contribution >= 4 is 5.91 Å². The number of amides is 1. The van der Waals surface area contributed by atoms with Gasteiger partial charge in [-0.2, -0.15) is 0 Å². The van der Waals surface area contributed by atoms with Crippen molar-refractivity contribution in [2.24, 2.45) is 5.73 Å². The fourth-order valence-electron chi connectivity index (χ4n) is 1.39. The van der Waals surface area contributed by atoms with Crippen LogP contribution in [0.2, 0.25) is 0 Å². The van der Waals surface area contributed by atoms with Crippen molar-refractivity contribution in [2.75, 3.05) is 0 Å². The molecule has 0 radical (unpaired) electrons. The summed E-state index contributed by atoms with van der Waals surface area (Å²) in [6.07, 6.45) is 0. The zero-order valence-corrected chi connectivity index (χ0v) is 9.79. The monoisotopic (exact) mass is 218 g/mol. The van der Waals surface area contributed by atoms with Crippen LogP contribution < -0.4 is 11.1 Å². The summed E-state index contributed by atoms with van der Waals surface area (Å²) in [5.41, 5.74) is 8.20. The van der Waals surface area contributed by atoms with Crippen LogP contribution in [0.15, 0.2) is 36.4 Å². The van der Waals surface area contributed by atoms with Crippen molar-refractivity contribution in [1.29, 1.82) is 0 Å². The largest absolute Gasteiger partial charge is 0.346 e. The quantitative estimate of drug-likeness (QED) is 0.758. The Kier molecular flexibility index (Phi) is 4.26. The van der Waals surface area contributed by atoms with Crippen molar-refractivity contribution in [1.82, 2.24) is 5.32 Å². The van der Waals surface area contributed by atoms with Crippen molar-refractivity contribution in [3.63, 3.8) is 0 Å². The molecule has 3 N–H and O–H groups in total. The molecule has 3 heteroatoms. The van der Waals surface area contributed by atoms with Crippen LogP contribution in [0.1, 0.15) is 31.0 Å². The number of nitrogens with one attached hydrogen (secondary N) is 1. The molecule has 0 bridgehead atoms. The molecule has 86 valence electrons. The lowest BCUT2D eigenvalue weighted by Gasteiger charge is -2.15. The second-order valence-electron chi connectivity index (χ2n) is 3.92. The highest BCUT2D eigenvalue weighted by Gasteiger charge is 2.09. The summed E-state index contributed by atoms with van der Waals surface area (Å²) >= 11 is 0. The van der Waals surface area contributed by atoms with Crippen LogP contribution in [0.5, 0.6) is 0 Å². The summed E-state index contributed by atoms with van der Waals surface area (Å²) in [4.78, 5) is 11.4. The molecule has 0 aliphatic heterocycles. The summed E-state index contributed by atoms with van der Waals surface area (Å²) in [5.74, 6) is -0.120. The van der Waals surface area contributed by atoms with Gasteiger partial charge in [0.25, 0.3) is 0 Å². The molecule has 1 atom stereocenters. The molecular weight excluding hydrogens is 200 g/mol. The number of benzene rings is 1. The smallest absolute Gasteiger partial charge is 0.246 e. The van der Waals surface area contributed by atoms with Gasteiger partial charge in [-0.15, -0.1) is 0 Å². The molecule has 1 unspecified atom stereocenters. The van der Waals surface area contributed by atoms with Gasteiger partial charge < -0.3 is 11.1 Å². The molecule has 1 rings (SSSR count). The average Bonchev–Trinajstić information content (AvgIpc) is 2.28. The lowest BCUT2D eigenvalue weighted by Crippen LogP contribution is -2.26. The summed E-state index contributed by atoms with van der Waals surface area (Å²) in [5, 5.41) is 2.87. The number of rotatable bonds is 4. The minimum absolute atomic E-state index is 0.0318. The van der Waals surface area contributed by atoms with Crippen molar-refractivity contribution in [3.05, 3.63) is 47.5 Å². The normalized spacial score (nSPS) is 11.9. The zero-order chi connectivity index (χ0) is 12.1. The fraction of sp³-hybridized carbons (Fsp3) is 0.308. The standard InChI is InChI=1S/C13H18N2O/c1-9(2)13(16)15-10(3)12-6-4-5-11(7-12)8-14/h4-7,10H,1,8,14H2,2-3H3,(H,15,16). The maximum atomic E-state index is 11.4. The second-order valence-corrected chi connectivity index (χ2v) is 3.92. The highest BCUT2D eigenvalue weighted by molar-refractivity contribution is 5.92. The Morgan fingerprint density at radius 3 is 2.81 bits per heavy atom. The van der Waals surface area contributed by atoms with E-state index in [0.717, 1.165) is 11.1 Å². The van der Waals surface area contributed by atoms with E-state index < -0.39 is 0 Å². The van der Waals surface area contributed by atoms with E-state index >= 15 is 0 Å². The van der Waals surface area contributed by atoms with Crippen LogP contribution in [0, 0.1) is 0 Å². The number of nitrogens with two attached hydrogens (primary N) is 1. The Morgan fingerprint density at radius 1 is 1.56 bits per heavy atom. The van der Waals surface area contributed by atoms with E-state index in [4.69, 9.17) is 5.73 Å². The molecule has 16 heavy (non-hydrogen) atoms. The van der Waals surface area contributed by atoms with Crippen molar-refractivity contribution < 1.29 is 4.79 Å². The third kappa shape index (κ3) is 3.21. The van der Waals surface area contributed by atoms with Crippen LogP contribution in [0.25, 0.3) is 0 Å².